The van der Waals surface area contributed by atoms with Crippen molar-refractivity contribution < 1.29 is 9.59 Å². The van der Waals surface area contributed by atoms with Gasteiger partial charge in [-0.15, -0.1) is 0 Å². The van der Waals surface area contributed by atoms with Crippen molar-refractivity contribution in [2.45, 2.75) is 39.7 Å². The Kier molecular flexibility index (Phi) is 5.06. The van der Waals surface area contributed by atoms with Crippen molar-refractivity contribution in [1.82, 2.24) is 4.57 Å². The van der Waals surface area contributed by atoms with Crippen LogP contribution in [0.5, 0.6) is 0 Å². The third-order valence-electron chi connectivity index (χ3n) is 4.81. The van der Waals surface area contributed by atoms with Gasteiger partial charge in [-0.25, -0.2) is 0 Å². The molecule has 0 aliphatic heterocycles. The van der Waals surface area contributed by atoms with Crippen LogP contribution in [0.15, 0.2) is 48.7 Å². The molecule has 0 saturated heterocycles. The van der Waals surface area contributed by atoms with Gasteiger partial charge in [-0.2, -0.15) is 5.26 Å². The number of amides is 1. The van der Waals surface area contributed by atoms with Crippen LogP contribution in [0.2, 0.25) is 0 Å². The van der Waals surface area contributed by atoms with Gasteiger partial charge in [0, 0.05) is 29.3 Å². The fourth-order valence-corrected chi connectivity index (χ4v) is 3.17. The van der Waals surface area contributed by atoms with Crippen molar-refractivity contribution in [3.8, 4) is 6.07 Å². The van der Waals surface area contributed by atoms with Gasteiger partial charge in [-0.05, 0) is 48.2 Å². The van der Waals surface area contributed by atoms with E-state index in [1.165, 1.54) is 0 Å². The van der Waals surface area contributed by atoms with E-state index < -0.39 is 11.7 Å². The number of Topliss-reactive ketones (excluding diaryl/α,β-unsaturated/α-hetero) is 1. The van der Waals surface area contributed by atoms with E-state index in [0.29, 0.717) is 28.7 Å². The van der Waals surface area contributed by atoms with Crippen molar-refractivity contribution in [2.24, 2.45) is 0 Å². The molecule has 1 amide bonds. The fraction of sp³-hybridized carbons (Fsp3) is 0.261. The Morgan fingerprint density at radius 2 is 1.79 bits per heavy atom. The number of anilines is 1. The van der Waals surface area contributed by atoms with E-state index in [4.69, 9.17) is 5.26 Å². The number of fused-ring (bicyclic) bond motifs is 1. The van der Waals surface area contributed by atoms with Gasteiger partial charge in [0.05, 0.1) is 17.2 Å². The summed E-state index contributed by atoms with van der Waals surface area (Å²) < 4.78 is 1.90. The monoisotopic (exact) mass is 373 g/mol. The average Bonchev–Trinajstić information content (AvgIpc) is 3.04. The van der Waals surface area contributed by atoms with Crippen molar-refractivity contribution in [1.29, 1.82) is 5.26 Å². The van der Waals surface area contributed by atoms with Crippen LogP contribution in [0, 0.1) is 11.3 Å². The van der Waals surface area contributed by atoms with Crippen LogP contribution in [0.4, 0.5) is 5.69 Å². The highest BCUT2D eigenvalue weighted by Gasteiger charge is 2.22. The summed E-state index contributed by atoms with van der Waals surface area (Å²) in [4.78, 5) is 25.4. The maximum Gasteiger partial charge on any atom is 0.296 e. The molecule has 28 heavy (non-hydrogen) atoms. The number of aryl methyl sites for hydroxylation is 1. The Balaban J connectivity index is 1.89. The zero-order valence-corrected chi connectivity index (χ0v) is 16.5. The van der Waals surface area contributed by atoms with E-state index in [9.17, 15) is 9.59 Å². The number of nitriles is 1. The molecule has 0 aliphatic carbocycles. The normalized spacial score (nSPS) is 11.2. The number of carbonyl (C=O) groups excluding carboxylic acids is 2. The highest BCUT2D eigenvalue weighted by molar-refractivity contribution is 6.48. The molecule has 0 aliphatic rings. The fourth-order valence-electron chi connectivity index (χ4n) is 3.17. The largest absolute Gasteiger partial charge is 0.347 e. The quantitative estimate of drug-likeness (QED) is 0.534. The summed E-state index contributed by atoms with van der Waals surface area (Å²) in [5.41, 5.74) is 3.31. The second-order valence-electron chi connectivity index (χ2n) is 7.78. The molecule has 0 bridgehead atoms. The molecule has 1 heterocycles. The third kappa shape index (κ3) is 3.67. The van der Waals surface area contributed by atoms with Crippen LogP contribution in [-0.2, 0) is 16.8 Å². The van der Waals surface area contributed by atoms with E-state index in [2.05, 4.69) is 32.2 Å². The predicted octanol–water partition coefficient (Wildman–Crippen LogP) is 4.65. The standard InChI is InChI=1S/C23H23N3O2/c1-5-26-14-19(18-12-15(13-24)6-11-20(18)26)21(27)22(28)25-17-9-7-16(8-10-17)23(2,3)4/h6-12,14H,5H2,1-4H3,(H,25,28). The second kappa shape index (κ2) is 7.32. The third-order valence-corrected chi connectivity index (χ3v) is 4.81. The van der Waals surface area contributed by atoms with Crippen LogP contribution >= 0.6 is 0 Å². The smallest absolute Gasteiger partial charge is 0.296 e. The van der Waals surface area contributed by atoms with E-state index in [1.54, 1.807) is 36.5 Å². The molecule has 1 aromatic heterocycles. The number of benzene rings is 2. The Morgan fingerprint density at radius 1 is 1.11 bits per heavy atom. The first-order valence-corrected chi connectivity index (χ1v) is 9.24. The lowest BCUT2D eigenvalue weighted by atomic mass is 9.87. The first-order valence-electron chi connectivity index (χ1n) is 9.24. The Morgan fingerprint density at radius 3 is 2.36 bits per heavy atom. The number of aromatic nitrogens is 1. The van der Waals surface area contributed by atoms with Gasteiger partial charge in [0.25, 0.3) is 11.7 Å². The summed E-state index contributed by atoms with van der Waals surface area (Å²) in [6.07, 6.45) is 1.68. The molecule has 0 spiro atoms. The molecule has 1 N–H and O–H groups in total. The van der Waals surface area contributed by atoms with Gasteiger partial charge >= 0.3 is 0 Å². The Hall–Kier alpha value is -3.39. The minimum absolute atomic E-state index is 0.0127. The highest BCUT2D eigenvalue weighted by Crippen LogP contribution is 2.25. The van der Waals surface area contributed by atoms with Crippen LogP contribution in [0.3, 0.4) is 0 Å². The number of ketones is 1. The van der Waals surface area contributed by atoms with Gasteiger partial charge in [-0.3, -0.25) is 9.59 Å². The molecule has 142 valence electrons. The molecule has 3 aromatic rings. The minimum atomic E-state index is -0.693. The Bertz CT molecular complexity index is 1090. The zero-order chi connectivity index (χ0) is 20.5. The number of hydrogen-bond donors (Lipinski definition) is 1. The van der Waals surface area contributed by atoms with E-state index in [0.717, 1.165) is 11.1 Å². The number of nitrogens with one attached hydrogen (secondary N) is 1. The molecule has 0 fully saturated rings. The molecule has 0 radical (unpaired) electrons. The number of nitrogens with zero attached hydrogens (tertiary/aromatic N) is 2. The van der Waals surface area contributed by atoms with Gasteiger partial charge in [0.1, 0.15) is 0 Å². The van der Waals surface area contributed by atoms with E-state index >= 15 is 0 Å². The molecule has 0 atom stereocenters. The zero-order valence-electron chi connectivity index (χ0n) is 16.5. The predicted molar refractivity (Wildman–Crippen MR) is 110 cm³/mol. The lowest BCUT2D eigenvalue weighted by Gasteiger charge is -2.19. The first kappa shape index (κ1) is 19.4. The van der Waals surface area contributed by atoms with Gasteiger partial charge < -0.3 is 9.88 Å². The maximum atomic E-state index is 12.8. The van der Waals surface area contributed by atoms with Crippen LogP contribution in [0.1, 0.15) is 49.2 Å². The summed E-state index contributed by atoms with van der Waals surface area (Å²) in [6.45, 7) is 8.96. The summed E-state index contributed by atoms with van der Waals surface area (Å²) in [6, 6.07) is 14.7. The SMILES string of the molecule is CCn1cc(C(=O)C(=O)Nc2ccc(C(C)(C)C)cc2)c2cc(C#N)ccc21. The van der Waals surface area contributed by atoms with Gasteiger partial charge in [-0.1, -0.05) is 32.9 Å². The summed E-state index contributed by atoms with van der Waals surface area (Å²) in [5.74, 6) is -1.31. The molecular weight excluding hydrogens is 350 g/mol. The molecule has 3 rings (SSSR count). The summed E-state index contributed by atoms with van der Waals surface area (Å²) in [5, 5.41) is 12.4. The number of carbonyl (C=O) groups is 2. The van der Waals surface area contributed by atoms with Crippen LogP contribution < -0.4 is 5.32 Å². The minimum Gasteiger partial charge on any atom is -0.347 e. The van der Waals surface area contributed by atoms with Crippen molar-refractivity contribution in [2.75, 3.05) is 5.32 Å². The van der Waals surface area contributed by atoms with Crippen molar-refractivity contribution >= 4 is 28.3 Å². The second-order valence-corrected chi connectivity index (χ2v) is 7.78. The highest BCUT2D eigenvalue weighted by atomic mass is 16.2. The number of rotatable bonds is 4. The van der Waals surface area contributed by atoms with Crippen LogP contribution in [-0.4, -0.2) is 16.3 Å². The van der Waals surface area contributed by atoms with Gasteiger partial charge in [0.15, 0.2) is 0 Å². The lowest BCUT2D eigenvalue weighted by molar-refractivity contribution is -0.112. The summed E-state index contributed by atoms with van der Waals surface area (Å²) in [7, 11) is 0. The molecule has 0 unspecified atom stereocenters. The van der Waals surface area contributed by atoms with Crippen LogP contribution in [0.25, 0.3) is 10.9 Å². The molecular formula is C23H23N3O2. The molecule has 5 nitrogen and oxygen atoms in total. The number of hydrogen-bond acceptors (Lipinski definition) is 3. The lowest BCUT2D eigenvalue weighted by Crippen LogP contribution is -2.23. The molecule has 0 saturated carbocycles. The maximum absolute atomic E-state index is 12.8. The van der Waals surface area contributed by atoms with Gasteiger partial charge in [0.2, 0.25) is 0 Å². The Labute approximate surface area is 164 Å². The molecule has 2 aromatic carbocycles. The average molecular weight is 373 g/mol. The van der Waals surface area contributed by atoms with E-state index in [1.807, 2.05) is 23.6 Å². The summed E-state index contributed by atoms with van der Waals surface area (Å²) >= 11 is 0. The first-order chi connectivity index (χ1) is 13.2. The molecule has 5 heteroatoms. The van der Waals surface area contributed by atoms with Crippen molar-refractivity contribution in [3.05, 3.63) is 65.4 Å². The topological polar surface area (TPSA) is 74.9 Å². The van der Waals surface area contributed by atoms with E-state index in [-0.39, 0.29) is 5.41 Å². The van der Waals surface area contributed by atoms with Crippen molar-refractivity contribution in [3.63, 3.8) is 0 Å².